The molecule has 0 N–H and O–H groups in total. The second-order valence-corrected chi connectivity index (χ2v) is 9.45. The van der Waals surface area contributed by atoms with Gasteiger partial charge in [-0.25, -0.2) is 9.67 Å². The minimum Gasteiger partial charge on any atom is -0.335 e. The summed E-state index contributed by atoms with van der Waals surface area (Å²) in [7, 11) is 0. The van der Waals surface area contributed by atoms with E-state index in [1.165, 1.54) is 24.4 Å². The smallest absolute Gasteiger partial charge is 0.266 e. The van der Waals surface area contributed by atoms with Crippen LogP contribution < -0.4 is 5.56 Å². The van der Waals surface area contributed by atoms with Crippen molar-refractivity contribution in [1.82, 2.24) is 29.1 Å². The van der Waals surface area contributed by atoms with Crippen molar-refractivity contribution in [2.24, 2.45) is 0 Å². The van der Waals surface area contributed by atoms with Crippen molar-refractivity contribution in [3.8, 4) is 0 Å². The molecule has 29 heavy (non-hydrogen) atoms. The van der Waals surface area contributed by atoms with Crippen LogP contribution >= 0.6 is 0 Å². The Morgan fingerprint density at radius 3 is 2.45 bits per heavy atom. The third-order valence-electron chi connectivity index (χ3n) is 6.07. The predicted octanol–water partition coefficient (Wildman–Crippen LogP) is 1.89. The molecule has 0 saturated carbocycles. The molecular weight excluding hydrogens is 364 g/mol. The van der Waals surface area contributed by atoms with Crippen molar-refractivity contribution in [3.63, 3.8) is 0 Å². The molecule has 0 unspecified atom stereocenters. The molecular formula is C22H34N6O. The van der Waals surface area contributed by atoms with Crippen molar-refractivity contribution in [1.29, 1.82) is 0 Å². The summed E-state index contributed by atoms with van der Waals surface area (Å²) in [5.74, 6) is 1.26. The van der Waals surface area contributed by atoms with Gasteiger partial charge in [-0.05, 0) is 18.9 Å². The molecule has 158 valence electrons. The van der Waals surface area contributed by atoms with Crippen molar-refractivity contribution >= 4 is 0 Å². The number of piperazine rings is 1. The molecule has 4 heterocycles. The number of hydrogen-bond acceptors (Lipinski definition) is 5. The summed E-state index contributed by atoms with van der Waals surface area (Å²) in [5.41, 5.74) is 2.11. The fraction of sp³-hybridized carbons (Fsp3) is 0.682. The summed E-state index contributed by atoms with van der Waals surface area (Å²) in [4.78, 5) is 21.9. The molecule has 0 spiro atoms. The normalized spacial score (nSPS) is 18.7. The fourth-order valence-electron chi connectivity index (χ4n) is 4.19. The highest BCUT2D eigenvalue weighted by Gasteiger charge is 2.20. The Morgan fingerprint density at radius 2 is 1.72 bits per heavy atom. The van der Waals surface area contributed by atoms with Crippen LogP contribution in [0.3, 0.4) is 0 Å². The van der Waals surface area contributed by atoms with Gasteiger partial charge < -0.3 is 4.57 Å². The maximum absolute atomic E-state index is 12.2. The summed E-state index contributed by atoms with van der Waals surface area (Å²) in [6, 6.07) is 3.50. The summed E-state index contributed by atoms with van der Waals surface area (Å²) in [6.45, 7) is 14.1. The summed E-state index contributed by atoms with van der Waals surface area (Å²) in [6.07, 6.45) is 5.92. The topological polar surface area (TPSA) is 59.2 Å². The molecule has 4 rings (SSSR count). The van der Waals surface area contributed by atoms with E-state index in [-0.39, 0.29) is 11.0 Å². The first-order chi connectivity index (χ1) is 13.9. The average molecular weight is 399 g/mol. The lowest BCUT2D eigenvalue weighted by Crippen LogP contribution is -2.47. The number of fused-ring (bicyclic) bond motifs is 1. The molecule has 2 aromatic rings. The van der Waals surface area contributed by atoms with Gasteiger partial charge in [0.15, 0.2) is 0 Å². The first-order valence-corrected chi connectivity index (χ1v) is 11.0. The van der Waals surface area contributed by atoms with Crippen LogP contribution in [-0.2, 0) is 31.5 Å². The Labute approximate surface area is 173 Å². The van der Waals surface area contributed by atoms with Gasteiger partial charge in [-0.2, -0.15) is 5.10 Å². The minimum atomic E-state index is -0.0482. The maximum Gasteiger partial charge on any atom is 0.266 e. The SMILES string of the molecule is CC(C)(C)c1ccc(=O)n(CCN2CCN(Cc3cn4c(n3)CCCC4)CC2)n1. The van der Waals surface area contributed by atoms with Gasteiger partial charge in [0.05, 0.1) is 17.9 Å². The standard InChI is InChI=1S/C22H34N6O/c1-22(2,3)19-7-8-21(29)28(24-19)15-14-25-10-12-26(13-11-25)16-18-17-27-9-5-4-6-20(27)23-18/h7-8,17H,4-6,9-16H2,1-3H3. The molecule has 0 radical (unpaired) electrons. The zero-order valence-electron chi connectivity index (χ0n) is 18.1. The van der Waals surface area contributed by atoms with E-state index in [1.54, 1.807) is 10.7 Å². The van der Waals surface area contributed by atoms with Crippen molar-refractivity contribution < 1.29 is 0 Å². The second-order valence-electron chi connectivity index (χ2n) is 9.45. The molecule has 2 aromatic heterocycles. The van der Waals surface area contributed by atoms with Crippen LogP contribution in [0, 0.1) is 0 Å². The van der Waals surface area contributed by atoms with E-state index < -0.39 is 0 Å². The van der Waals surface area contributed by atoms with Crippen LogP contribution in [-0.4, -0.2) is 61.9 Å². The van der Waals surface area contributed by atoms with Crippen LogP contribution in [0.15, 0.2) is 23.1 Å². The molecule has 2 aliphatic heterocycles. The Kier molecular flexibility index (Phi) is 5.88. The fourth-order valence-corrected chi connectivity index (χ4v) is 4.19. The van der Waals surface area contributed by atoms with Gasteiger partial charge in [0, 0.05) is 69.9 Å². The number of nitrogens with zero attached hydrogens (tertiary/aromatic N) is 6. The Hall–Kier alpha value is -1.99. The summed E-state index contributed by atoms with van der Waals surface area (Å²) in [5, 5.41) is 4.59. The van der Waals surface area contributed by atoms with Gasteiger partial charge in [-0.15, -0.1) is 0 Å². The molecule has 0 bridgehead atoms. The quantitative estimate of drug-likeness (QED) is 0.770. The molecule has 0 amide bonds. The lowest BCUT2D eigenvalue weighted by Gasteiger charge is -2.34. The predicted molar refractivity (Wildman–Crippen MR) is 114 cm³/mol. The molecule has 1 saturated heterocycles. The minimum absolute atomic E-state index is 0.0135. The lowest BCUT2D eigenvalue weighted by molar-refractivity contribution is 0.121. The number of hydrogen-bond donors (Lipinski definition) is 0. The molecule has 7 heteroatoms. The maximum atomic E-state index is 12.2. The van der Waals surface area contributed by atoms with E-state index in [0.717, 1.165) is 57.9 Å². The first kappa shape index (κ1) is 20.3. The number of aromatic nitrogens is 4. The lowest BCUT2D eigenvalue weighted by atomic mass is 9.92. The number of rotatable bonds is 5. The number of aryl methyl sites for hydroxylation is 2. The monoisotopic (exact) mass is 398 g/mol. The average Bonchev–Trinajstić information content (AvgIpc) is 3.10. The second kappa shape index (κ2) is 8.40. The van der Waals surface area contributed by atoms with Crippen LogP contribution in [0.2, 0.25) is 0 Å². The van der Waals surface area contributed by atoms with Crippen molar-refractivity contribution in [3.05, 3.63) is 45.9 Å². The largest absolute Gasteiger partial charge is 0.335 e. The van der Waals surface area contributed by atoms with Gasteiger partial charge in [0.2, 0.25) is 0 Å². The summed E-state index contributed by atoms with van der Waals surface area (Å²) < 4.78 is 3.97. The molecule has 2 aliphatic rings. The van der Waals surface area contributed by atoms with Gasteiger partial charge >= 0.3 is 0 Å². The third kappa shape index (κ3) is 4.95. The molecule has 1 fully saturated rings. The first-order valence-electron chi connectivity index (χ1n) is 11.0. The third-order valence-corrected chi connectivity index (χ3v) is 6.07. The molecule has 0 aromatic carbocycles. The molecule has 0 atom stereocenters. The van der Waals surface area contributed by atoms with Crippen molar-refractivity contribution in [2.45, 2.75) is 65.1 Å². The van der Waals surface area contributed by atoms with Crippen molar-refractivity contribution in [2.75, 3.05) is 32.7 Å². The molecule has 7 nitrogen and oxygen atoms in total. The van der Waals surface area contributed by atoms with E-state index in [1.807, 2.05) is 6.07 Å². The van der Waals surface area contributed by atoms with Gasteiger partial charge in [0.1, 0.15) is 5.82 Å². The van der Waals surface area contributed by atoms with E-state index in [9.17, 15) is 4.79 Å². The Morgan fingerprint density at radius 1 is 0.966 bits per heavy atom. The highest BCUT2D eigenvalue weighted by molar-refractivity contribution is 5.10. The summed E-state index contributed by atoms with van der Waals surface area (Å²) >= 11 is 0. The number of imidazole rings is 1. The van der Waals surface area contributed by atoms with E-state index in [2.05, 4.69) is 46.4 Å². The Bertz CT molecular complexity index is 862. The van der Waals surface area contributed by atoms with E-state index >= 15 is 0 Å². The highest BCUT2D eigenvalue weighted by atomic mass is 16.1. The molecule has 0 aliphatic carbocycles. The van der Waals surface area contributed by atoms with E-state index in [0.29, 0.717) is 6.54 Å². The van der Waals surface area contributed by atoms with E-state index in [4.69, 9.17) is 4.98 Å². The van der Waals surface area contributed by atoms with Gasteiger partial charge in [-0.1, -0.05) is 20.8 Å². The zero-order chi connectivity index (χ0) is 20.4. The van der Waals surface area contributed by atoms with Crippen LogP contribution in [0.4, 0.5) is 0 Å². The zero-order valence-corrected chi connectivity index (χ0v) is 18.1. The highest BCUT2D eigenvalue weighted by Crippen LogP contribution is 2.18. The Balaban J connectivity index is 1.27. The van der Waals surface area contributed by atoms with Gasteiger partial charge in [-0.3, -0.25) is 14.6 Å². The van der Waals surface area contributed by atoms with Crippen LogP contribution in [0.25, 0.3) is 0 Å². The van der Waals surface area contributed by atoms with Crippen LogP contribution in [0.1, 0.15) is 50.8 Å². The van der Waals surface area contributed by atoms with Crippen LogP contribution in [0.5, 0.6) is 0 Å². The van der Waals surface area contributed by atoms with Gasteiger partial charge in [0.25, 0.3) is 5.56 Å².